The lowest BCUT2D eigenvalue weighted by atomic mass is 10.1. The number of rotatable bonds is 2. The molecule has 4 rings (SSSR count). The Balaban J connectivity index is 0.00000169. The Labute approximate surface area is 148 Å². The molecule has 0 aromatic heterocycles. The molecular weight excluding hydrogens is 326 g/mol. The maximum absolute atomic E-state index is 12.9. The smallest absolute Gasteiger partial charge is 0.253 e. The summed E-state index contributed by atoms with van der Waals surface area (Å²) < 4.78 is 0. The molecule has 0 spiro atoms. The van der Waals surface area contributed by atoms with Crippen LogP contribution in [0.4, 0.5) is 5.69 Å². The van der Waals surface area contributed by atoms with Gasteiger partial charge in [-0.05, 0) is 43.9 Å². The molecule has 6 heteroatoms. The Bertz CT molecular complexity index is 636. The highest BCUT2D eigenvalue weighted by molar-refractivity contribution is 5.99. The molecule has 0 aliphatic carbocycles. The summed E-state index contributed by atoms with van der Waals surface area (Å²) >= 11 is 0. The quantitative estimate of drug-likeness (QED) is 0.890. The van der Waals surface area contributed by atoms with Gasteiger partial charge in [0, 0.05) is 49.4 Å². The van der Waals surface area contributed by atoms with Gasteiger partial charge in [0.1, 0.15) is 0 Å². The lowest BCUT2D eigenvalue weighted by molar-refractivity contribution is -0.117. The van der Waals surface area contributed by atoms with Crippen molar-refractivity contribution >= 4 is 29.9 Å². The number of hydrogen-bond donors (Lipinski definition) is 1. The van der Waals surface area contributed by atoms with E-state index in [2.05, 4.69) is 5.32 Å². The highest BCUT2D eigenvalue weighted by Crippen LogP contribution is 2.25. The third kappa shape index (κ3) is 3.28. The minimum absolute atomic E-state index is 0. The van der Waals surface area contributed by atoms with Gasteiger partial charge in [0.25, 0.3) is 5.91 Å². The largest absolute Gasteiger partial charge is 0.337 e. The number of anilines is 1. The Morgan fingerprint density at radius 2 is 1.96 bits per heavy atom. The van der Waals surface area contributed by atoms with Gasteiger partial charge in [-0.25, -0.2) is 0 Å². The molecule has 2 amide bonds. The summed E-state index contributed by atoms with van der Waals surface area (Å²) in [6.07, 6.45) is 4.94. The molecule has 3 aliphatic rings. The summed E-state index contributed by atoms with van der Waals surface area (Å²) in [7, 11) is 0. The molecule has 130 valence electrons. The summed E-state index contributed by atoms with van der Waals surface area (Å²) in [4.78, 5) is 28.6. The zero-order valence-electron chi connectivity index (χ0n) is 13.7. The van der Waals surface area contributed by atoms with Crippen LogP contribution in [0, 0.1) is 0 Å². The van der Waals surface area contributed by atoms with Crippen molar-refractivity contribution in [3.63, 3.8) is 0 Å². The molecule has 1 N–H and O–H groups in total. The first kappa shape index (κ1) is 17.2. The molecule has 1 aromatic rings. The van der Waals surface area contributed by atoms with Gasteiger partial charge in [-0.1, -0.05) is 6.07 Å². The third-order valence-corrected chi connectivity index (χ3v) is 5.29. The molecule has 0 radical (unpaired) electrons. The number of halogens is 1. The number of carbonyl (C=O) groups is 2. The van der Waals surface area contributed by atoms with Crippen molar-refractivity contribution in [3.8, 4) is 0 Å². The fraction of sp³-hybridized carbons (Fsp3) is 0.556. The number of nitrogens with zero attached hydrogens (tertiary/aromatic N) is 2. The fourth-order valence-electron chi connectivity index (χ4n) is 4.04. The number of hydrogen-bond acceptors (Lipinski definition) is 3. The van der Waals surface area contributed by atoms with Crippen LogP contribution >= 0.6 is 12.4 Å². The minimum atomic E-state index is 0. The highest BCUT2D eigenvalue weighted by Gasteiger charge is 2.31. The first-order valence-corrected chi connectivity index (χ1v) is 8.66. The van der Waals surface area contributed by atoms with Crippen molar-refractivity contribution in [1.82, 2.24) is 10.2 Å². The number of nitrogens with one attached hydrogen (secondary N) is 1. The van der Waals surface area contributed by atoms with E-state index in [1.165, 1.54) is 6.42 Å². The molecular formula is C18H24ClN3O2. The van der Waals surface area contributed by atoms with E-state index in [4.69, 9.17) is 0 Å². The van der Waals surface area contributed by atoms with Gasteiger partial charge in [-0.3, -0.25) is 9.59 Å². The lowest BCUT2D eigenvalue weighted by Gasteiger charge is -2.25. The van der Waals surface area contributed by atoms with Crippen LogP contribution in [0.2, 0.25) is 0 Å². The fourth-order valence-corrected chi connectivity index (χ4v) is 4.04. The zero-order chi connectivity index (χ0) is 15.8. The van der Waals surface area contributed by atoms with Gasteiger partial charge in [0.2, 0.25) is 5.91 Å². The van der Waals surface area contributed by atoms with Crippen LogP contribution in [0.1, 0.15) is 42.5 Å². The summed E-state index contributed by atoms with van der Waals surface area (Å²) in [5.74, 6) is 0.249. The van der Waals surface area contributed by atoms with E-state index >= 15 is 0 Å². The summed E-state index contributed by atoms with van der Waals surface area (Å²) in [5, 5.41) is 3.60. The summed E-state index contributed by atoms with van der Waals surface area (Å²) in [5.41, 5.74) is 1.55. The maximum atomic E-state index is 12.9. The average molecular weight is 350 g/mol. The highest BCUT2D eigenvalue weighted by atomic mass is 35.5. The van der Waals surface area contributed by atoms with E-state index in [0.717, 1.165) is 44.6 Å². The zero-order valence-corrected chi connectivity index (χ0v) is 14.6. The van der Waals surface area contributed by atoms with Crippen LogP contribution in [0.25, 0.3) is 0 Å². The average Bonchev–Trinajstić information content (AvgIpc) is 3.12. The van der Waals surface area contributed by atoms with E-state index in [1.54, 1.807) is 4.90 Å². The second-order valence-corrected chi connectivity index (χ2v) is 6.88. The molecule has 5 nitrogen and oxygen atoms in total. The first-order chi connectivity index (χ1) is 11.2. The Morgan fingerprint density at radius 1 is 1.12 bits per heavy atom. The number of carbonyl (C=O) groups excluding carboxylic acids is 2. The van der Waals surface area contributed by atoms with Gasteiger partial charge < -0.3 is 15.1 Å². The van der Waals surface area contributed by atoms with Gasteiger partial charge in [-0.2, -0.15) is 0 Å². The van der Waals surface area contributed by atoms with E-state index in [-0.39, 0.29) is 24.2 Å². The second-order valence-electron chi connectivity index (χ2n) is 6.88. The van der Waals surface area contributed by atoms with Crippen molar-refractivity contribution in [2.45, 2.75) is 44.2 Å². The van der Waals surface area contributed by atoms with E-state index in [9.17, 15) is 9.59 Å². The normalized spacial score (nSPS) is 26.2. The SMILES string of the molecule is Cl.O=C(c1cccc(N2CCCC2=O)c1)N1CCC2CCC(C1)N2. The third-order valence-electron chi connectivity index (χ3n) is 5.29. The Hall–Kier alpha value is -1.59. The van der Waals surface area contributed by atoms with Crippen molar-refractivity contribution in [2.75, 3.05) is 24.5 Å². The molecule has 3 fully saturated rings. The molecule has 3 heterocycles. The molecule has 1 aromatic carbocycles. The van der Waals surface area contributed by atoms with E-state index in [1.807, 2.05) is 29.2 Å². The van der Waals surface area contributed by atoms with Crippen molar-refractivity contribution in [3.05, 3.63) is 29.8 Å². The van der Waals surface area contributed by atoms with Gasteiger partial charge in [0.15, 0.2) is 0 Å². The van der Waals surface area contributed by atoms with Gasteiger partial charge >= 0.3 is 0 Å². The van der Waals surface area contributed by atoms with Crippen molar-refractivity contribution in [2.24, 2.45) is 0 Å². The van der Waals surface area contributed by atoms with Gasteiger partial charge in [0.05, 0.1) is 0 Å². The number of amides is 2. The second kappa shape index (κ2) is 7.11. The van der Waals surface area contributed by atoms with E-state index in [0.29, 0.717) is 24.1 Å². The monoisotopic (exact) mass is 349 g/mol. The predicted octanol–water partition coefficient (Wildman–Crippen LogP) is 2.20. The standard InChI is InChI=1S/C18H23N3O2.ClH/c22-17-5-2-9-21(17)16-4-1-3-13(11-16)18(23)20-10-8-14-6-7-15(12-20)19-14;/h1,3-4,11,14-15,19H,2,5-10,12H2;1H. The number of likely N-dealkylation sites (tertiary alicyclic amines) is 1. The first-order valence-electron chi connectivity index (χ1n) is 8.66. The maximum Gasteiger partial charge on any atom is 0.253 e. The molecule has 3 saturated heterocycles. The summed E-state index contributed by atoms with van der Waals surface area (Å²) in [6, 6.07) is 8.56. The van der Waals surface area contributed by atoms with Crippen LogP contribution in [-0.4, -0.2) is 48.4 Å². The molecule has 2 atom stereocenters. The number of benzene rings is 1. The molecule has 0 saturated carbocycles. The molecule has 24 heavy (non-hydrogen) atoms. The van der Waals surface area contributed by atoms with Crippen molar-refractivity contribution in [1.29, 1.82) is 0 Å². The summed E-state index contributed by atoms with van der Waals surface area (Å²) in [6.45, 7) is 2.37. The Morgan fingerprint density at radius 3 is 2.75 bits per heavy atom. The molecule has 3 aliphatic heterocycles. The van der Waals surface area contributed by atoms with Crippen molar-refractivity contribution < 1.29 is 9.59 Å². The molecule has 2 bridgehead atoms. The van der Waals surface area contributed by atoms with Crippen LogP contribution in [-0.2, 0) is 4.79 Å². The van der Waals surface area contributed by atoms with Crippen LogP contribution in [0.15, 0.2) is 24.3 Å². The Kier molecular flexibility index (Phi) is 5.11. The van der Waals surface area contributed by atoms with Crippen LogP contribution in [0.3, 0.4) is 0 Å². The molecule has 2 unspecified atom stereocenters. The lowest BCUT2D eigenvalue weighted by Crippen LogP contribution is -2.39. The van der Waals surface area contributed by atoms with Crippen LogP contribution in [0.5, 0.6) is 0 Å². The van der Waals surface area contributed by atoms with Gasteiger partial charge in [-0.15, -0.1) is 12.4 Å². The number of fused-ring (bicyclic) bond motifs is 2. The van der Waals surface area contributed by atoms with E-state index < -0.39 is 0 Å². The van der Waals surface area contributed by atoms with Crippen LogP contribution < -0.4 is 10.2 Å². The topological polar surface area (TPSA) is 52.7 Å². The predicted molar refractivity (Wildman–Crippen MR) is 95.7 cm³/mol. The minimum Gasteiger partial charge on any atom is -0.337 e.